The minimum Gasteiger partial charge on any atom is -0.481 e. The van der Waals surface area contributed by atoms with E-state index >= 15 is 0 Å². The number of carboxylic acid groups (broad SMARTS) is 1. The Morgan fingerprint density at radius 2 is 2.05 bits per heavy atom. The molecule has 2 aliphatic rings. The van der Waals surface area contributed by atoms with Gasteiger partial charge in [0.25, 0.3) is 5.91 Å². The maximum absolute atomic E-state index is 12.3. The number of nitrogens with zero attached hydrogens (tertiary/aromatic N) is 1. The lowest BCUT2D eigenvalue weighted by atomic mass is 9.93. The first kappa shape index (κ1) is 16.2. The Morgan fingerprint density at radius 1 is 1.33 bits per heavy atom. The molecular formula is C15H25NO5. The third kappa shape index (κ3) is 4.97. The van der Waals surface area contributed by atoms with E-state index in [2.05, 4.69) is 0 Å². The molecule has 2 rings (SSSR count). The lowest BCUT2D eigenvalue weighted by Crippen LogP contribution is -2.44. The fourth-order valence-corrected chi connectivity index (χ4v) is 2.96. The third-order valence-electron chi connectivity index (χ3n) is 4.29. The van der Waals surface area contributed by atoms with Crippen molar-refractivity contribution in [2.75, 3.05) is 26.3 Å². The predicted octanol–water partition coefficient (Wildman–Crippen LogP) is 1.28. The molecular weight excluding hydrogens is 274 g/mol. The molecule has 0 aromatic carbocycles. The molecule has 0 radical (unpaired) electrons. The van der Waals surface area contributed by atoms with Gasteiger partial charge in [0.2, 0.25) is 0 Å². The largest absolute Gasteiger partial charge is 0.481 e. The Kier molecular flexibility index (Phi) is 5.99. The molecule has 6 nitrogen and oxygen atoms in total. The van der Waals surface area contributed by atoms with Gasteiger partial charge in [0.15, 0.2) is 0 Å². The van der Waals surface area contributed by atoms with Crippen LogP contribution < -0.4 is 0 Å². The van der Waals surface area contributed by atoms with E-state index in [4.69, 9.17) is 14.6 Å². The first-order valence-corrected chi connectivity index (χ1v) is 7.80. The molecule has 0 aromatic rings. The van der Waals surface area contributed by atoms with Crippen LogP contribution >= 0.6 is 0 Å². The van der Waals surface area contributed by atoms with Crippen LogP contribution in [-0.2, 0) is 19.1 Å². The summed E-state index contributed by atoms with van der Waals surface area (Å²) >= 11 is 0. The van der Waals surface area contributed by atoms with Gasteiger partial charge >= 0.3 is 5.97 Å². The van der Waals surface area contributed by atoms with Crippen LogP contribution in [0.4, 0.5) is 0 Å². The Bertz CT molecular complexity index is 359. The van der Waals surface area contributed by atoms with Crippen molar-refractivity contribution in [1.29, 1.82) is 0 Å². The van der Waals surface area contributed by atoms with Crippen LogP contribution in [0.25, 0.3) is 0 Å². The van der Waals surface area contributed by atoms with E-state index in [1.54, 1.807) is 11.8 Å². The molecule has 2 heterocycles. The molecule has 21 heavy (non-hydrogen) atoms. The Labute approximate surface area is 125 Å². The molecule has 1 N–H and O–H groups in total. The maximum Gasteiger partial charge on any atom is 0.303 e. The number of piperidine rings is 1. The van der Waals surface area contributed by atoms with E-state index in [0.717, 1.165) is 32.3 Å². The molecule has 0 bridgehead atoms. The van der Waals surface area contributed by atoms with Gasteiger partial charge in [-0.3, -0.25) is 9.59 Å². The third-order valence-corrected chi connectivity index (χ3v) is 4.29. The fourth-order valence-electron chi connectivity index (χ4n) is 2.96. The molecule has 2 aliphatic heterocycles. The van der Waals surface area contributed by atoms with Crippen molar-refractivity contribution in [3.8, 4) is 0 Å². The summed E-state index contributed by atoms with van der Waals surface area (Å²) in [6.07, 6.45) is 3.46. The van der Waals surface area contributed by atoms with Crippen molar-refractivity contribution < 1.29 is 24.2 Å². The van der Waals surface area contributed by atoms with Crippen LogP contribution in [0.5, 0.6) is 0 Å². The first-order valence-electron chi connectivity index (χ1n) is 7.80. The Balaban J connectivity index is 1.69. The summed E-state index contributed by atoms with van der Waals surface area (Å²) in [5.41, 5.74) is 0. The standard InChI is InChI=1S/C15H25NO5/c1-11(21-10-13-3-2-8-20-13)15(19)16-6-4-12(5-7-16)9-14(17)18/h11-13H,2-10H2,1H3,(H,17,18). The predicted molar refractivity (Wildman–Crippen MR) is 75.9 cm³/mol. The number of hydrogen-bond donors (Lipinski definition) is 1. The fraction of sp³-hybridized carbons (Fsp3) is 0.867. The van der Waals surface area contributed by atoms with E-state index in [0.29, 0.717) is 19.7 Å². The van der Waals surface area contributed by atoms with E-state index < -0.39 is 12.1 Å². The zero-order chi connectivity index (χ0) is 15.2. The minimum atomic E-state index is -0.756. The average molecular weight is 299 g/mol. The van der Waals surface area contributed by atoms with Crippen molar-refractivity contribution in [2.45, 2.75) is 51.2 Å². The zero-order valence-electron chi connectivity index (χ0n) is 12.6. The normalized spacial score (nSPS) is 25.0. The number of hydrogen-bond acceptors (Lipinski definition) is 4. The molecule has 0 aromatic heterocycles. The molecule has 2 saturated heterocycles. The van der Waals surface area contributed by atoms with Crippen molar-refractivity contribution in [1.82, 2.24) is 4.90 Å². The summed E-state index contributed by atoms with van der Waals surface area (Å²) in [6.45, 7) is 4.30. The average Bonchev–Trinajstić information content (AvgIpc) is 2.97. The summed E-state index contributed by atoms with van der Waals surface area (Å²) in [6, 6.07) is 0. The monoisotopic (exact) mass is 299 g/mol. The molecule has 6 heteroatoms. The second kappa shape index (κ2) is 7.75. The number of aliphatic carboxylic acids is 1. The first-order chi connectivity index (χ1) is 10.1. The van der Waals surface area contributed by atoms with E-state index in [1.165, 1.54) is 0 Å². The smallest absolute Gasteiger partial charge is 0.303 e. The summed E-state index contributed by atoms with van der Waals surface area (Å²) in [5, 5.41) is 8.79. The van der Waals surface area contributed by atoms with E-state index in [9.17, 15) is 9.59 Å². The number of ether oxygens (including phenoxy) is 2. The maximum atomic E-state index is 12.3. The highest BCUT2D eigenvalue weighted by Crippen LogP contribution is 2.21. The molecule has 120 valence electrons. The Morgan fingerprint density at radius 3 is 2.62 bits per heavy atom. The number of carbonyl (C=O) groups excluding carboxylic acids is 1. The second-order valence-electron chi connectivity index (χ2n) is 5.98. The minimum absolute atomic E-state index is 0.00164. The lowest BCUT2D eigenvalue weighted by molar-refractivity contribution is -0.146. The van der Waals surface area contributed by atoms with Crippen molar-refractivity contribution in [3.63, 3.8) is 0 Å². The van der Waals surface area contributed by atoms with Crippen LogP contribution in [0.3, 0.4) is 0 Å². The summed E-state index contributed by atoms with van der Waals surface area (Å²) in [5.74, 6) is -0.565. The van der Waals surface area contributed by atoms with Gasteiger partial charge in [0.05, 0.1) is 12.7 Å². The van der Waals surface area contributed by atoms with Crippen LogP contribution in [0.1, 0.15) is 39.0 Å². The highest BCUT2D eigenvalue weighted by atomic mass is 16.5. The zero-order valence-corrected chi connectivity index (χ0v) is 12.6. The van der Waals surface area contributed by atoms with Crippen molar-refractivity contribution in [3.05, 3.63) is 0 Å². The highest BCUT2D eigenvalue weighted by molar-refractivity contribution is 5.80. The lowest BCUT2D eigenvalue weighted by Gasteiger charge is -2.33. The highest BCUT2D eigenvalue weighted by Gasteiger charge is 2.28. The number of likely N-dealkylation sites (tertiary alicyclic amines) is 1. The quantitative estimate of drug-likeness (QED) is 0.799. The van der Waals surface area contributed by atoms with Crippen molar-refractivity contribution >= 4 is 11.9 Å². The molecule has 0 spiro atoms. The number of carbonyl (C=O) groups is 2. The second-order valence-corrected chi connectivity index (χ2v) is 5.98. The molecule has 1 amide bonds. The van der Waals surface area contributed by atoms with Gasteiger partial charge in [-0.25, -0.2) is 0 Å². The van der Waals surface area contributed by atoms with Crippen LogP contribution in [0, 0.1) is 5.92 Å². The molecule has 0 aliphatic carbocycles. The van der Waals surface area contributed by atoms with Crippen LogP contribution in [0.15, 0.2) is 0 Å². The number of amides is 1. The summed E-state index contributed by atoms with van der Waals surface area (Å²) < 4.78 is 11.1. The topological polar surface area (TPSA) is 76.1 Å². The van der Waals surface area contributed by atoms with E-state index in [-0.39, 0.29) is 24.3 Å². The van der Waals surface area contributed by atoms with Crippen LogP contribution in [0.2, 0.25) is 0 Å². The van der Waals surface area contributed by atoms with Gasteiger partial charge in [0, 0.05) is 26.1 Å². The number of carboxylic acids is 1. The van der Waals surface area contributed by atoms with Gasteiger partial charge in [-0.05, 0) is 38.5 Å². The summed E-state index contributed by atoms with van der Waals surface area (Å²) in [4.78, 5) is 24.8. The SMILES string of the molecule is CC(OCC1CCCO1)C(=O)N1CCC(CC(=O)O)CC1. The van der Waals surface area contributed by atoms with Crippen LogP contribution in [-0.4, -0.2) is 60.4 Å². The molecule has 2 unspecified atom stereocenters. The van der Waals surface area contributed by atoms with Gasteiger partial charge in [-0.15, -0.1) is 0 Å². The number of rotatable bonds is 6. The molecule has 0 saturated carbocycles. The van der Waals surface area contributed by atoms with Gasteiger partial charge in [-0.1, -0.05) is 0 Å². The van der Waals surface area contributed by atoms with Crippen molar-refractivity contribution in [2.24, 2.45) is 5.92 Å². The Hall–Kier alpha value is -1.14. The van der Waals surface area contributed by atoms with E-state index in [1.807, 2.05) is 0 Å². The van der Waals surface area contributed by atoms with Gasteiger partial charge in [-0.2, -0.15) is 0 Å². The van der Waals surface area contributed by atoms with Gasteiger partial charge in [0.1, 0.15) is 6.10 Å². The van der Waals surface area contributed by atoms with Gasteiger partial charge < -0.3 is 19.5 Å². The summed E-state index contributed by atoms with van der Waals surface area (Å²) in [7, 11) is 0. The molecule has 2 fully saturated rings. The molecule has 2 atom stereocenters.